The van der Waals surface area contributed by atoms with Gasteiger partial charge in [0.1, 0.15) is 18.0 Å². The van der Waals surface area contributed by atoms with Gasteiger partial charge in [-0.3, -0.25) is 0 Å². The van der Waals surface area contributed by atoms with Crippen molar-refractivity contribution in [3.8, 4) is 0 Å². The van der Waals surface area contributed by atoms with Crippen molar-refractivity contribution in [3.63, 3.8) is 0 Å². The topological polar surface area (TPSA) is 82.1 Å². The summed E-state index contributed by atoms with van der Waals surface area (Å²) < 4.78 is 71.2. The van der Waals surface area contributed by atoms with Crippen LogP contribution in [0.1, 0.15) is 0 Å². The van der Waals surface area contributed by atoms with Gasteiger partial charge in [0.15, 0.2) is 6.29 Å². The SMILES string of the molecule is O=S(=O)(OC1=C[C@@H](O)[C@@H]2OC[C@H]1O2)C(F)(F)F. The minimum atomic E-state index is -5.76. The van der Waals surface area contributed by atoms with Gasteiger partial charge < -0.3 is 18.8 Å². The molecule has 2 aliphatic heterocycles. The molecule has 1 fully saturated rings. The second-order valence-electron chi connectivity index (χ2n) is 3.37. The molecule has 6 nitrogen and oxygen atoms in total. The first-order chi connectivity index (χ1) is 7.71. The predicted molar refractivity (Wildman–Crippen MR) is 44.8 cm³/mol. The Morgan fingerprint density at radius 3 is 2.71 bits per heavy atom. The van der Waals surface area contributed by atoms with Crippen LogP contribution in [0.15, 0.2) is 11.8 Å². The number of hydrogen-bond donors (Lipinski definition) is 1. The van der Waals surface area contributed by atoms with Gasteiger partial charge in [-0.15, -0.1) is 0 Å². The molecule has 2 heterocycles. The van der Waals surface area contributed by atoms with Crippen LogP contribution in [0.2, 0.25) is 0 Å². The Labute approximate surface area is 93.7 Å². The summed E-state index contributed by atoms with van der Waals surface area (Å²) >= 11 is 0. The molecule has 10 heteroatoms. The molecule has 2 rings (SSSR count). The highest BCUT2D eigenvalue weighted by molar-refractivity contribution is 7.87. The largest absolute Gasteiger partial charge is 0.534 e. The van der Waals surface area contributed by atoms with Crippen LogP contribution in [0.4, 0.5) is 13.2 Å². The first-order valence-corrected chi connectivity index (χ1v) is 5.79. The third kappa shape index (κ3) is 2.25. The number of rotatable bonds is 2. The molecule has 0 spiro atoms. The Bertz CT molecular complexity index is 441. The molecule has 0 amide bonds. The summed E-state index contributed by atoms with van der Waals surface area (Å²) in [4.78, 5) is 0. The predicted octanol–water partition coefficient (Wildman–Crippen LogP) is -0.148. The lowest BCUT2D eigenvalue weighted by Crippen LogP contribution is -2.34. The van der Waals surface area contributed by atoms with E-state index in [1.807, 2.05) is 0 Å². The highest BCUT2D eigenvalue weighted by Crippen LogP contribution is 2.33. The van der Waals surface area contributed by atoms with Crippen molar-refractivity contribution in [1.29, 1.82) is 0 Å². The lowest BCUT2D eigenvalue weighted by molar-refractivity contribution is -0.122. The summed E-state index contributed by atoms with van der Waals surface area (Å²) in [6, 6.07) is 0. The van der Waals surface area contributed by atoms with Gasteiger partial charge >= 0.3 is 15.6 Å². The van der Waals surface area contributed by atoms with E-state index in [1.54, 1.807) is 0 Å². The Balaban J connectivity index is 2.20. The summed E-state index contributed by atoms with van der Waals surface area (Å²) in [5, 5.41) is 9.28. The summed E-state index contributed by atoms with van der Waals surface area (Å²) in [6.07, 6.45) is -2.59. The summed E-state index contributed by atoms with van der Waals surface area (Å²) in [6.45, 7) is -0.180. The van der Waals surface area contributed by atoms with E-state index < -0.39 is 39.9 Å². The van der Waals surface area contributed by atoms with Crippen molar-refractivity contribution >= 4 is 10.1 Å². The highest BCUT2D eigenvalue weighted by atomic mass is 32.2. The van der Waals surface area contributed by atoms with Crippen molar-refractivity contribution in [1.82, 2.24) is 0 Å². The van der Waals surface area contributed by atoms with Crippen molar-refractivity contribution in [3.05, 3.63) is 11.8 Å². The molecule has 0 aromatic carbocycles. The molecule has 0 unspecified atom stereocenters. The maximum atomic E-state index is 12.1. The maximum Gasteiger partial charge on any atom is 0.534 e. The first kappa shape index (κ1) is 12.6. The Hall–Kier alpha value is -0.840. The molecule has 0 aromatic rings. The van der Waals surface area contributed by atoms with Gasteiger partial charge in [0.25, 0.3) is 0 Å². The van der Waals surface area contributed by atoms with Crippen molar-refractivity contribution in [2.45, 2.75) is 24.0 Å². The summed E-state index contributed by atoms with van der Waals surface area (Å²) in [5.41, 5.74) is -5.53. The molecule has 98 valence electrons. The van der Waals surface area contributed by atoms with Crippen LogP contribution in [0.3, 0.4) is 0 Å². The zero-order valence-electron chi connectivity index (χ0n) is 8.05. The molecule has 0 aromatic heterocycles. The van der Waals surface area contributed by atoms with E-state index in [1.165, 1.54) is 0 Å². The minimum absolute atomic E-state index is 0.180. The Morgan fingerprint density at radius 2 is 2.12 bits per heavy atom. The molecule has 2 bridgehead atoms. The van der Waals surface area contributed by atoms with Gasteiger partial charge in [-0.25, -0.2) is 0 Å². The lowest BCUT2D eigenvalue weighted by atomic mass is 10.2. The number of aliphatic hydroxyl groups excluding tert-OH is 1. The fourth-order valence-electron chi connectivity index (χ4n) is 1.36. The Kier molecular flexibility index (Phi) is 2.84. The molecule has 1 saturated heterocycles. The molecule has 0 saturated carbocycles. The van der Waals surface area contributed by atoms with Gasteiger partial charge in [0, 0.05) is 0 Å². The molecule has 3 atom stereocenters. The fraction of sp³-hybridized carbons (Fsp3) is 0.714. The second kappa shape index (κ2) is 3.83. The maximum absolute atomic E-state index is 12.1. The fourth-order valence-corrected chi connectivity index (χ4v) is 1.87. The molecule has 0 radical (unpaired) electrons. The van der Waals surface area contributed by atoms with Crippen LogP contribution in [0, 0.1) is 0 Å². The minimum Gasteiger partial charge on any atom is -0.384 e. The lowest BCUT2D eigenvalue weighted by Gasteiger charge is -2.23. The third-order valence-electron chi connectivity index (χ3n) is 2.13. The quantitative estimate of drug-likeness (QED) is 0.558. The van der Waals surface area contributed by atoms with Gasteiger partial charge in [-0.2, -0.15) is 21.6 Å². The number of ether oxygens (including phenoxy) is 2. The van der Waals surface area contributed by atoms with E-state index in [4.69, 9.17) is 9.47 Å². The number of halogens is 3. The van der Waals surface area contributed by atoms with E-state index in [9.17, 15) is 26.7 Å². The second-order valence-corrected chi connectivity index (χ2v) is 4.91. The van der Waals surface area contributed by atoms with Crippen molar-refractivity contribution in [2.75, 3.05) is 6.61 Å². The van der Waals surface area contributed by atoms with E-state index in [2.05, 4.69) is 4.18 Å². The van der Waals surface area contributed by atoms with Crippen molar-refractivity contribution in [2.24, 2.45) is 0 Å². The zero-order chi connectivity index (χ0) is 12.8. The molecular weight excluding hydrogens is 269 g/mol. The van der Waals surface area contributed by atoms with Crippen molar-refractivity contribution < 1.29 is 40.4 Å². The smallest absolute Gasteiger partial charge is 0.384 e. The number of fused-ring (bicyclic) bond motifs is 2. The molecule has 0 aliphatic carbocycles. The van der Waals surface area contributed by atoms with Crippen LogP contribution >= 0.6 is 0 Å². The van der Waals surface area contributed by atoms with Crippen LogP contribution in [0.25, 0.3) is 0 Å². The molecule has 1 N–H and O–H groups in total. The number of hydrogen-bond acceptors (Lipinski definition) is 6. The van der Waals surface area contributed by atoms with E-state index in [0.29, 0.717) is 0 Å². The van der Waals surface area contributed by atoms with Crippen LogP contribution in [0.5, 0.6) is 0 Å². The molecule has 17 heavy (non-hydrogen) atoms. The monoisotopic (exact) mass is 276 g/mol. The van der Waals surface area contributed by atoms with E-state index in [-0.39, 0.29) is 6.61 Å². The summed E-state index contributed by atoms with van der Waals surface area (Å²) in [7, 11) is -5.76. The van der Waals surface area contributed by atoms with Gasteiger partial charge in [-0.1, -0.05) is 0 Å². The Morgan fingerprint density at radius 1 is 1.47 bits per heavy atom. The number of aliphatic hydroxyl groups is 1. The average molecular weight is 276 g/mol. The zero-order valence-corrected chi connectivity index (χ0v) is 8.86. The highest BCUT2D eigenvalue weighted by Gasteiger charge is 2.51. The van der Waals surface area contributed by atoms with Gasteiger partial charge in [-0.05, 0) is 6.08 Å². The number of alkyl halides is 3. The van der Waals surface area contributed by atoms with Crippen LogP contribution in [-0.2, 0) is 23.8 Å². The summed E-state index contributed by atoms with van der Waals surface area (Å²) in [5.74, 6) is -0.622. The first-order valence-electron chi connectivity index (χ1n) is 4.38. The van der Waals surface area contributed by atoms with E-state index >= 15 is 0 Å². The van der Waals surface area contributed by atoms with Gasteiger partial charge in [0.05, 0.1) is 6.61 Å². The van der Waals surface area contributed by atoms with Gasteiger partial charge in [0.2, 0.25) is 0 Å². The average Bonchev–Trinajstić information content (AvgIpc) is 2.57. The molecule has 2 aliphatic rings. The third-order valence-corrected chi connectivity index (χ3v) is 3.11. The molecular formula is C7H7F3O6S. The van der Waals surface area contributed by atoms with Crippen LogP contribution < -0.4 is 0 Å². The van der Waals surface area contributed by atoms with E-state index in [0.717, 1.165) is 6.08 Å². The normalized spacial score (nSPS) is 33.4. The standard InChI is InChI=1S/C7H7F3O6S/c8-7(9,10)17(12,13)16-4-1-3(11)6-14-2-5(4)15-6/h1,3,5-6,11H,2H2/t3-,5-,6-/m1/s1. The van der Waals surface area contributed by atoms with Crippen LogP contribution in [-0.4, -0.2) is 44.1 Å².